The zero-order chi connectivity index (χ0) is 13.3. The number of carbonyl (C=O) groups excluding carboxylic acids is 2. The van der Waals surface area contributed by atoms with Gasteiger partial charge in [-0.15, -0.1) is 0 Å². The number of amides is 1. The maximum absolute atomic E-state index is 11.9. The van der Waals surface area contributed by atoms with Crippen molar-refractivity contribution in [1.82, 2.24) is 0 Å². The molecule has 0 spiro atoms. The highest BCUT2D eigenvalue weighted by Crippen LogP contribution is 2.32. The molecule has 2 N–H and O–H groups in total. The number of likely N-dealkylation sites (N-methyl/N-ethyl adjacent to an activating group) is 1. The lowest BCUT2D eigenvalue weighted by Crippen LogP contribution is -2.35. The van der Waals surface area contributed by atoms with E-state index in [1.165, 1.54) is 4.90 Å². The van der Waals surface area contributed by atoms with Crippen LogP contribution in [0.3, 0.4) is 0 Å². The topological polar surface area (TPSA) is 72.6 Å². The summed E-state index contributed by atoms with van der Waals surface area (Å²) in [7, 11) is 1.67. The third-order valence-electron chi connectivity index (χ3n) is 2.87. The molecule has 1 atom stereocenters. The molecule has 96 valence electrons. The van der Waals surface area contributed by atoms with Gasteiger partial charge in [0.05, 0.1) is 5.69 Å². The van der Waals surface area contributed by atoms with Crippen LogP contribution in [0, 0.1) is 0 Å². The highest BCUT2D eigenvalue weighted by atomic mass is 16.5. The van der Waals surface area contributed by atoms with Crippen LogP contribution < -0.4 is 15.4 Å². The van der Waals surface area contributed by atoms with Crippen molar-refractivity contribution in [3.63, 3.8) is 0 Å². The first kappa shape index (κ1) is 12.6. The van der Waals surface area contributed by atoms with E-state index >= 15 is 0 Å². The Morgan fingerprint density at radius 2 is 2.28 bits per heavy atom. The molecule has 0 fully saturated rings. The molecule has 1 aliphatic heterocycles. The van der Waals surface area contributed by atoms with E-state index in [0.717, 1.165) is 0 Å². The van der Waals surface area contributed by atoms with Crippen molar-refractivity contribution < 1.29 is 14.3 Å². The number of carbonyl (C=O) groups is 2. The van der Waals surface area contributed by atoms with Gasteiger partial charge in [-0.3, -0.25) is 9.59 Å². The van der Waals surface area contributed by atoms with Gasteiger partial charge in [0.15, 0.2) is 12.4 Å². The standard InChI is InChI=1S/C13H16N2O3/c1-8(14)5-11(16)9-3-4-12-10(6-9)15(2)13(17)7-18-12/h3-4,6,8H,5,7,14H2,1-2H3. The van der Waals surface area contributed by atoms with Gasteiger partial charge in [0.25, 0.3) is 5.91 Å². The van der Waals surface area contributed by atoms with E-state index in [4.69, 9.17) is 10.5 Å². The number of Topliss-reactive ketones (excluding diaryl/α,β-unsaturated/α-hetero) is 1. The Morgan fingerprint density at radius 1 is 1.56 bits per heavy atom. The lowest BCUT2D eigenvalue weighted by atomic mass is 10.0. The first-order valence-electron chi connectivity index (χ1n) is 5.81. The number of rotatable bonds is 3. The lowest BCUT2D eigenvalue weighted by molar-refractivity contribution is -0.120. The van der Waals surface area contributed by atoms with Crippen molar-refractivity contribution in [2.24, 2.45) is 5.73 Å². The fourth-order valence-electron chi connectivity index (χ4n) is 1.86. The van der Waals surface area contributed by atoms with Crippen LogP contribution in [0.2, 0.25) is 0 Å². The Balaban J connectivity index is 2.31. The SMILES string of the molecule is CC(N)CC(=O)c1ccc2c(c1)N(C)C(=O)CO2. The van der Waals surface area contributed by atoms with E-state index in [0.29, 0.717) is 17.0 Å². The molecule has 1 aromatic carbocycles. The molecule has 0 aliphatic carbocycles. The largest absolute Gasteiger partial charge is 0.482 e. The molecule has 1 aromatic rings. The first-order valence-corrected chi connectivity index (χ1v) is 5.81. The van der Waals surface area contributed by atoms with Gasteiger partial charge in [0, 0.05) is 25.1 Å². The van der Waals surface area contributed by atoms with Gasteiger partial charge in [-0.2, -0.15) is 0 Å². The van der Waals surface area contributed by atoms with E-state index in [9.17, 15) is 9.59 Å². The van der Waals surface area contributed by atoms with Crippen molar-refractivity contribution in [3.05, 3.63) is 23.8 Å². The number of hydrogen-bond acceptors (Lipinski definition) is 4. The van der Waals surface area contributed by atoms with Gasteiger partial charge in [-0.1, -0.05) is 0 Å². The minimum atomic E-state index is -0.177. The van der Waals surface area contributed by atoms with Gasteiger partial charge in [-0.25, -0.2) is 0 Å². The molecule has 2 rings (SSSR count). The summed E-state index contributed by atoms with van der Waals surface area (Å²) in [4.78, 5) is 24.9. The van der Waals surface area contributed by atoms with Gasteiger partial charge in [0.2, 0.25) is 0 Å². The molecule has 0 radical (unpaired) electrons. The summed E-state index contributed by atoms with van der Waals surface area (Å²) >= 11 is 0. The highest BCUT2D eigenvalue weighted by molar-refractivity contribution is 6.01. The fourth-order valence-corrected chi connectivity index (χ4v) is 1.86. The highest BCUT2D eigenvalue weighted by Gasteiger charge is 2.23. The molecule has 18 heavy (non-hydrogen) atoms. The van der Waals surface area contributed by atoms with Crippen molar-refractivity contribution >= 4 is 17.4 Å². The number of hydrogen-bond donors (Lipinski definition) is 1. The number of nitrogens with zero attached hydrogens (tertiary/aromatic N) is 1. The monoisotopic (exact) mass is 248 g/mol. The molecular formula is C13H16N2O3. The minimum absolute atomic E-state index is 0.0285. The predicted molar refractivity (Wildman–Crippen MR) is 67.9 cm³/mol. The van der Waals surface area contributed by atoms with E-state index < -0.39 is 0 Å². The van der Waals surface area contributed by atoms with Crippen LogP contribution in [0.4, 0.5) is 5.69 Å². The van der Waals surface area contributed by atoms with Crippen molar-refractivity contribution in [1.29, 1.82) is 0 Å². The molecule has 0 saturated heterocycles. The second kappa shape index (κ2) is 4.78. The maximum atomic E-state index is 11.9. The number of nitrogens with two attached hydrogens (primary N) is 1. The Bertz CT molecular complexity index is 497. The minimum Gasteiger partial charge on any atom is -0.482 e. The second-order valence-corrected chi connectivity index (χ2v) is 4.53. The van der Waals surface area contributed by atoms with E-state index in [2.05, 4.69) is 0 Å². The Kier molecular flexibility index (Phi) is 3.34. The molecule has 0 saturated carbocycles. The zero-order valence-electron chi connectivity index (χ0n) is 10.5. The predicted octanol–water partition coefficient (Wildman–Crippen LogP) is 0.962. The Labute approximate surface area is 106 Å². The van der Waals surface area contributed by atoms with Crippen LogP contribution in [0.1, 0.15) is 23.7 Å². The smallest absolute Gasteiger partial charge is 0.264 e. The summed E-state index contributed by atoms with van der Waals surface area (Å²) in [6.07, 6.45) is 0.289. The summed E-state index contributed by atoms with van der Waals surface area (Å²) in [6, 6.07) is 4.92. The number of ether oxygens (including phenoxy) is 1. The molecule has 1 heterocycles. The molecule has 5 heteroatoms. The second-order valence-electron chi connectivity index (χ2n) is 4.53. The molecule has 1 unspecified atom stereocenters. The number of anilines is 1. The normalized spacial score (nSPS) is 15.9. The average molecular weight is 248 g/mol. The molecule has 5 nitrogen and oxygen atoms in total. The quantitative estimate of drug-likeness (QED) is 0.809. The number of ketones is 1. The fraction of sp³-hybridized carbons (Fsp3) is 0.385. The van der Waals surface area contributed by atoms with Gasteiger partial charge in [-0.05, 0) is 25.1 Å². The van der Waals surface area contributed by atoms with Crippen molar-refractivity contribution in [2.75, 3.05) is 18.6 Å². The molecule has 0 bridgehead atoms. The first-order chi connectivity index (χ1) is 8.49. The van der Waals surface area contributed by atoms with Crippen LogP contribution in [-0.4, -0.2) is 31.4 Å². The van der Waals surface area contributed by atoms with Crippen LogP contribution in [0.5, 0.6) is 5.75 Å². The van der Waals surface area contributed by atoms with Crippen LogP contribution in [0.25, 0.3) is 0 Å². The van der Waals surface area contributed by atoms with E-state index in [1.807, 2.05) is 0 Å². The summed E-state index contributed by atoms with van der Waals surface area (Å²) < 4.78 is 5.29. The van der Waals surface area contributed by atoms with E-state index in [1.54, 1.807) is 32.2 Å². The summed E-state index contributed by atoms with van der Waals surface area (Å²) in [5, 5.41) is 0. The molecule has 1 amide bonds. The summed E-state index contributed by atoms with van der Waals surface area (Å²) in [6.45, 7) is 1.83. The molecule has 1 aliphatic rings. The van der Waals surface area contributed by atoms with Crippen LogP contribution in [0.15, 0.2) is 18.2 Å². The van der Waals surface area contributed by atoms with Gasteiger partial charge < -0.3 is 15.4 Å². The summed E-state index contributed by atoms with van der Waals surface area (Å²) in [5.74, 6) is 0.466. The lowest BCUT2D eigenvalue weighted by Gasteiger charge is -2.26. The van der Waals surface area contributed by atoms with Crippen molar-refractivity contribution in [2.45, 2.75) is 19.4 Å². The van der Waals surface area contributed by atoms with Gasteiger partial charge in [0.1, 0.15) is 5.75 Å². The Hall–Kier alpha value is -1.88. The zero-order valence-corrected chi connectivity index (χ0v) is 10.5. The molecule has 0 aromatic heterocycles. The molecular weight excluding hydrogens is 232 g/mol. The third kappa shape index (κ3) is 2.36. The number of fused-ring (bicyclic) bond motifs is 1. The maximum Gasteiger partial charge on any atom is 0.264 e. The van der Waals surface area contributed by atoms with Crippen molar-refractivity contribution in [3.8, 4) is 5.75 Å². The summed E-state index contributed by atoms with van der Waals surface area (Å²) in [5.41, 5.74) is 6.79. The van der Waals surface area contributed by atoms with Crippen LogP contribution in [-0.2, 0) is 4.79 Å². The average Bonchev–Trinajstić information content (AvgIpc) is 2.33. The van der Waals surface area contributed by atoms with E-state index in [-0.39, 0.29) is 30.8 Å². The number of benzene rings is 1. The van der Waals surface area contributed by atoms with Gasteiger partial charge >= 0.3 is 0 Å². The van der Waals surface area contributed by atoms with Crippen LogP contribution >= 0.6 is 0 Å². The Morgan fingerprint density at radius 3 is 2.94 bits per heavy atom. The third-order valence-corrected chi connectivity index (χ3v) is 2.87.